The van der Waals surface area contributed by atoms with E-state index in [1.807, 2.05) is 6.07 Å². The van der Waals surface area contributed by atoms with Crippen molar-refractivity contribution in [3.63, 3.8) is 0 Å². The maximum Gasteiger partial charge on any atom is 0.321 e. The van der Waals surface area contributed by atoms with Gasteiger partial charge < -0.3 is 10.1 Å². The molecule has 2 aromatic carbocycles. The van der Waals surface area contributed by atoms with Gasteiger partial charge in [0.2, 0.25) is 0 Å². The molecule has 8 nitrogen and oxygen atoms in total. The zero-order valence-corrected chi connectivity index (χ0v) is 15.4. The fraction of sp³-hybridized carbons (Fsp3) is 0.222. The summed E-state index contributed by atoms with van der Waals surface area (Å²) in [7, 11) is 0. The minimum atomic E-state index is -0.458. The summed E-state index contributed by atoms with van der Waals surface area (Å²) in [5.41, 5.74) is 0.757. The highest BCUT2D eigenvalue weighted by Gasteiger charge is 2.09. The van der Waals surface area contributed by atoms with Gasteiger partial charge in [-0.05, 0) is 30.7 Å². The van der Waals surface area contributed by atoms with Gasteiger partial charge in [0.1, 0.15) is 11.5 Å². The molecule has 0 radical (unpaired) electrons. The Morgan fingerprint density at radius 1 is 1.22 bits per heavy atom. The molecule has 9 heteroatoms. The normalized spacial score (nSPS) is 10.6. The minimum absolute atomic E-state index is 0.00758. The predicted molar refractivity (Wildman–Crippen MR) is 105 cm³/mol. The number of nitrogens with zero attached hydrogens (tertiary/aromatic N) is 2. The first-order valence-corrected chi connectivity index (χ1v) is 9.24. The number of nitro groups is 1. The van der Waals surface area contributed by atoms with Gasteiger partial charge in [0, 0.05) is 24.7 Å². The molecule has 0 aliphatic carbocycles. The Balaban J connectivity index is 1.68. The number of aromatic nitrogens is 1. The second-order valence-electron chi connectivity index (χ2n) is 5.74. The van der Waals surface area contributed by atoms with E-state index in [1.165, 1.54) is 23.5 Å². The zero-order chi connectivity index (χ0) is 19.2. The molecule has 2 amide bonds. The second kappa shape index (κ2) is 8.45. The Morgan fingerprint density at radius 2 is 1.96 bits per heavy atom. The second-order valence-corrected chi connectivity index (χ2v) is 6.77. The highest BCUT2D eigenvalue weighted by Crippen LogP contribution is 2.31. The first-order valence-electron chi connectivity index (χ1n) is 8.43. The van der Waals surface area contributed by atoms with Crippen LogP contribution in [0.2, 0.25) is 0 Å². The molecular formula is C18H18N4O4S. The fourth-order valence-electron chi connectivity index (χ4n) is 2.31. The van der Waals surface area contributed by atoms with Crippen molar-refractivity contribution < 1.29 is 14.5 Å². The molecule has 0 saturated carbocycles. The van der Waals surface area contributed by atoms with Gasteiger partial charge in [0.25, 0.3) is 5.69 Å². The van der Waals surface area contributed by atoms with Crippen molar-refractivity contribution in [1.82, 2.24) is 10.3 Å². The van der Waals surface area contributed by atoms with Crippen molar-refractivity contribution in [1.29, 1.82) is 0 Å². The van der Waals surface area contributed by atoms with Crippen LogP contribution in [0.15, 0.2) is 42.5 Å². The van der Waals surface area contributed by atoms with Gasteiger partial charge in [0.05, 0.1) is 15.1 Å². The lowest BCUT2D eigenvalue weighted by molar-refractivity contribution is -0.384. The lowest BCUT2D eigenvalue weighted by Crippen LogP contribution is -2.29. The van der Waals surface area contributed by atoms with Crippen LogP contribution in [0.5, 0.6) is 11.5 Å². The SMILES string of the molecule is CCCCNC(=O)Nc1nc2ccc(Oc3ccc([N+](=O)[O-])cc3)cc2s1. The largest absolute Gasteiger partial charge is 0.457 e. The minimum Gasteiger partial charge on any atom is -0.457 e. The first-order chi connectivity index (χ1) is 13.0. The number of thiazole rings is 1. The number of urea groups is 1. The number of non-ortho nitro benzene ring substituents is 1. The fourth-order valence-corrected chi connectivity index (χ4v) is 3.20. The van der Waals surface area contributed by atoms with Gasteiger partial charge in [-0.15, -0.1) is 0 Å². The summed E-state index contributed by atoms with van der Waals surface area (Å²) in [6, 6.07) is 11.0. The number of fused-ring (bicyclic) bond motifs is 1. The highest BCUT2D eigenvalue weighted by atomic mass is 32.1. The first kappa shape index (κ1) is 18.6. The number of amides is 2. The van der Waals surface area contributed by atoms with Crippen molar-refractivity contribution >= 4 is 38.4 Å². The Kier molecular flexibility index (Phi) is 5.82. The predicted octanol–water partition coefficient (Wildman–Crippen LogP) is 4.92. The van der Waals surface area contributed by atoms with Crippen LogP contribution in [0.1, 0.15) is 19.8 Å². The third-order valence-corrected chi connectivity index (χ3v) is 4.61. The quantitative estimate of drug-likeness (QED) is 0.340. The third-order valence-electron chi connectivity index (χ3n) is 3.68. The number of nitrogens with one attached hydrogen (secondary N) is 2. The molecule has 3 aromatic rings. The Hall–Kier alpha value is -3.20. The molecule has 1 aromatic heterocycles. The van der Waals surface area contributed by atoms with E-state index < -0.39 is 4.92 Å². The molecule has 0 atom stereocenters. The van der Waals surface area contributed by atoms with E-state index in [2.05, 4.69) is 22.5 Å². The molecule has 0 fully saturated rings. The van der Waals surface area contributed by atoms with Gasteiger partial charge in [0.15, 0.2) is 5.13 Å². The topological polar surface area (TPSA) is 106 Å². The summed E-state index contributed by atoms with van der Waals surface area (Å²) in [6.45, 7) is 2.68. The average Bonchev–Trinajstić information content (AvgIpc) is 3.03. The van der Waals surface area contributed by atoms with Gasteiger partial charge in [-0.3, -0.25) is 15.4 Å². The number of benzene rings is 2. The lowest BCUT2D eigenvalue weighted by Gasteiger charge is -2.04. The number of unbranched alkanes of at least 4 members (excludes halogenated alkanes) is 1. The van der Waals surface area contributed by atoms with Crippen LogP contribution in [0.3, 0.4) is 0 Å². The van der Waals surface area contributed by atoms with Crippen LogP contribution >= 0.6 is 11.3 Å². The molecule has 27 heavy (non-hydrogen) atoms. The summed E-state index contributed by atoms with van der Waals surface area (Å²) < 4.78 is 6.59. The lowest BCUT2D eigenvalue weighted by atomic mass is 10.3. The molecule has 0 aliphatic rings. The number of hydrogen-bond acceptors (Lipinski definition) is 6. The zero-order valence-electron chi connectivity index (χ0n) is 14.6. The molecule has 0 bridgehead atoms. The molecule has 2 N–H and O–H groups in total. The molecule has 1 heterocycles. The Morgan fingerprint density at radius 3 is 2.67 bits per heavy atom. The van der Waals surface area contributed by atoms with Crippen molar-refractivity contribution in [2.75, 3.05) is 11.9 Å². The van der Waals surface area contributed by atoms with Crippen LogP contribution in [-0.2, 0) is 0 Å². The number of anilines is 1. The molecule has 3 rings (SSSR count). The van der Waals surface area contributed by atoms with Crippen LogP contribution in [0, 0.1) is 10.1 Å². The smallest absolute Gasteiger partial charge is 0.321 e. The highest BCUT2D eigenvalue weighted by molar-refractivity contribution is 7.22. The maximum absolute atomic E-state index is 11.8. The molecule has 0 spiro atoms. The van der Waals surface area contributed by atoms with Crippen molar-refractivity contribution in [2.24, 2.45) is 0 Å². The van der Waals surface area contributed by atoms with Gasteiger partial charge in [-0.1, -0.05) is 24.7 Å². The van der Waals surface area contributed by atoms with Crippen molar-refractivity contribution in [3.05, 3.63) is 52.6 Å². The van der Waals surface area contributed by atoms with E-state index in [-0.39, 0.29) is 11.7 Å². The number of nitro benzene ring substituents is 1. The summed E-state index contributed by atoms with van der Waals surface area (Å²) in [5.74, 6) is 1.08. The average molecular weight is 386 g/mol. The molecule has 0 unspecified atom stereocenters. The number of rotatable bonds is 7. The Bertz CT molecular complexity index is 956. The van der Waals surface area contributed by atoms with E-state index in [1.54, 1.807) is 24.3 Å². The molecule has 0 aliphatic heterocycles. The summed E-state index contributed by atoms with van der Waals surface area (Å²) in [5, 5.41) is 16.7. The summed E-state index contributed by atoms with van der Waals surface area (Å²) in [6.07, 6.45) is 1.94. The van der Waals surface area contributed by atoms with Crippen LogP contribution in [-0.4, -0.2) is 22.5 Å². The summed E-state index contributed by atoms with van der Waals surface area (Å²) >= 11 is 1.34. The van der Waals surface area contributed by atoms with Crippen LogP contribution < -0.4 is 15.4 Å². The maximum atomic E-state index is 11.8. The molecule has 140 valence electrons. The Labute approximate surface area is 159 Å². The van der Waals surface area contributed by atoms with E-state index in [9.17, 15) is 14.9 Å². The van der Waals surface area contributed by atoms with Gasteiger partial charge in [-0.25, -0.2) is 9.78 Å². The molecular weight excluding hydrogens is 368 g/mol. The van der Waals surface area contributed by atoms with Gasteiger partial charge >= 0.3 is 6.03 Å². The van der Waals surface area contributed by atoms with E-state index in [0.29, 0.717) is 23.2 Å². The number of hydrogen-bond donors (Lipinski definition) is 2. The van der Waals surface area contributed by atoms with Crippen molar-refractivity contribution in [2.45, 2.75) is 19.8 Å². The van der Waals surface area contributed by atoms with E-state index in [0.717, 1.165) is 23.1 Å². The molecule has 0 saturated heterocycles. The monoisotopic (exact) mass is 386 g/mol. The van der Waals surface area contributed by atoms with Gasteiger partial charge in [-0.2, -0.15) is 0 Å². The van der Waals surface area contributed by atoms with E-state index >= 15 is 0 Å². The number of carbonyl (C=O) groups is 1. The third kappa shape index (κ3) is 4.91. The van der Waals surface area contributed by atoms with Crippen LogP contribution in [0.25, 0.3) is 10.2 Å². The standard InChI is InChI=1S/C18H18N4O4S/c1-2-3-10-19-17(23)21-18-20-15-9-8-14(11-16(15)27-18)26-13-6-4-12(5-7-13)22(24)25/h4-9,11H,2-3,10H2,1H3,(H2,19,20,21,23). The number of ether oxygens (including phenoxy) is 1. The van der Waals surface area contributed by atoms with Crippen LogP contribution in [0.4, 0.5) is 15.6 Å². The van der Waals surface area contributed by atoms with E-state index in [4.69, 9.17) is 4.74 Å². The summed E-state index contributed by atoms with van der Waals surface area (Å²) in [4.78, 5) is 26.4. The van der Waals surface area contributed by atoms with Crippen molar-refractivity contribution in [3.8, 4) is 11.5 Å². The number of carbonyl (C=O) groups excluding carboxylic acids is 1.